The minimum atomic E-state index is -0.319. The summed E-state index contributed by atoms with van der Waals surface area (Å²) in [5, 5.41) is 4.52. The van der Waals surface area contributed by atoms with Crippen LogP contribution in [-0.4, -0.2) is 0 Å². The van der Waals surface area contributed by atoms with Crippen LogP contribution in [0.4, 0.5) is 17.1 Å². The molecule has 0 saturated heterocycles. The standard InChI is InChI=1S/C44H29NO2/c1-44(36-17-8-5-14-31(36)32-15-6-9-18-37(32)44)38-19-11-21-40-43(38)35-25-23-30(27-42(35)47-40)45(28-12-3-2-4-13-28)29-22-24-34-33-16-7-10-20-39(33)46-41(34)26-29/h2-27H,1H3. The van der Waals surface area contributed by atoms with E-state index >= 15 is 0 Å². The van der Waals surface area contributed by atoms with Crippen LogP contribution in [0.25, 0.3) is 55.0 Å². The molecule has 9 aromatic rings. The largest absolute Gasteiger partial charge is 0.456 e. The summed E-state index contributed by atoms with van der Waals surface area (Å²) in [5.74, 6) is 0. The van der Waals surface area contributed by atoms with Crippen molar-refractivity contribution in [3.63, 3.8) is 0 Å². The maximum Gasteiger partial charge on any atom is 0.137 e. The van der Waals surface area contributed by atoms with Gasteiger partial charge in [0.25, 0.3) is 0 Å². The summed E-state index contributed by atoms with van der Waals surface area (Å²) in [6.45, 7) is 2.37. The molecule has 222 valence electrons. The Kier molecular flexibility index (Phi) is 5.41. The van der Waals surface area contributed by atoms with Crippen LogP contribution in [-0.2, 0) is 5.41 Å². The predicted octanol–water partition coefficient (Wildman–Crippen LogP) is 12.3. The smallest absolute Gasteiger partial charge is 0.137 e. The van der Waals surface area contributed by atoms with Crippen LogP contribution in [0.15, 0.2) is 167 Å². The Morgan fingerprint density at radius 3 is 1.68 bits per heavy atom. The molecule has 3 heteroatoms. The highest BCUT2D eigenvalue weighted by Gasteiger charge is 2.41. The first kappa shape index (κ1) is 26.2. The molecule has 2 heterocycles. The molecule has 7 aromatic carbocycles. The number of hydrogen-bond donors (Lipinski definition) is 0. The molecule has 0 N–H and O–H groups in total. The third kappa shape index (κ3) is 3.68. The second-order valence-corrected chi connectivity index (χ2v) is 12.6. The Bertz CT molecular complexity index is 2620. The third-order valence-electron chi connectivity index (χ3n) is 10.1. The van der Waals surface area contributed by atoms with E-state index in [2.05, 4.69) is 151 Å². The van der Waals surface area contributed by atoms with Crippen LogP contribution in [0, 0.1) is 0 Å². The fraction of sp³-hybridized carbons (Fsp3) is 0.0455. The van der Waals surface area contributed by atoms with Crippen LogP contribution in [0.3, 0.4) is 0 Å². The molecule has 0 aliphatic heterocycles. The lowest BCUT2D eigenvalue weighted by Gasteiger charge is -2.29. The van der Waals surface area contributed by atoms with E-state index in [0.717, 1.165) is 60.9 Å². The molecule has 0 amide bonds. The second kappa shape index (κ2) is 9.72. The van der Waals surface area contributed by atoms with Gasteiger partial charge in [0, 0.05) is 56.2 Å². The molecule has 10 rings (SSSR count). The molecular formula is C44H29NO2. The van der Waals surface area contributed by atoms with Gasteiger partial charge in [0.1, 0.15) is 22.3 Å². The zero-order chi connectivity index (χ0) is 31.1. The first-order valence-corrected chi connectivity index (χ1v) is 16.1. The summed E-state index contributed by atoms with van der Waals surface area (Å²) in [5.41, 5.74) is 12.8. The molecule has 1 aliphatic rings. The Morgan fingerprint density at radius 1 is 0.404 bits per heavy atom. The minimum Gasteiger partial charge on any atom is -0.456 e. The number of para-hydroxylation sites is 2. The number of furan rings is 2. The Balaban J connectivity index is 1.17. The Hall–Kier alpha value is -6.06. The zero-order valence-corrected chi connectivity index (χ0v) is 25.8. The number of hydrogen-bond acceptors (Lipinski definition) is 3. The Labute approximate surface area is 271 Å². The average Bonchev–Trinajstić information content (AvgIpc) is 3.77. The predicted molar refractivity (Wildman–Crippen MR) is 193 cm³/mol. The second-order valence-electron chi connectivity index (χ2n) is 12.6. The van der Waals surface area contributed by atoms with Crippen molar-refractivity contribution in [3.8, 4) is 11.1 Å². The topological polar surface area (TPSA) is 29.5 Å². The van der Waals surface area contributed by atoms with Crippen molar-refractivity contribution in [1.29, 1.82) is 0 Å². The molecular weight excluding hydrogens is 574 g/mol. The molecule has 0 unspecified atom stereocenters. The quantitative estimate of drug-likeness (QED) is 0.200. The van der Waals surface area contributed by atoms with Gasteiger partial charge in [0.05, 0.1) is 0 Å². The molecule has 47 heavy (non-hydrogen) atoms. The van der Waals surface area contributed by atoms with Gasteiger partial charge in [-0.1, -0.05) is 97.1 Å². The molecule has 0 bridgehead atoms. The fourth-order valence-electron chi connectivity index (χ4n) is 7.99. The normalized spacial score (nSPS) is 13.4. The van der Waals surface area contributed by atoms with Crippen molar-refractivity contribution in [2.75, 3.05) is 4.90 Å². The lowest BCUT2D eigenvalue weighted by atomic mass is 9.73. The molecule has 0 radical (unpaired) electrons. The van der Waals surface area contributed by atoms with Crippen LogP contribution in [0.2, 0.25) is 0 Å². The first-order chi connectivity index (χ1) is 23.2. The molecule has 1 aliphatic carbocycles. The zero-order valence-electron chi connectivity index (χ0n) is 25.8. The third-order valence-corrected chi connectivity index (χ3v) is 10.1. The van der Waals surface area contributed by atoms with E-state index in [1.165, 1.54) is 27.8 Å². The molecule has 3 nitrogen and oxygen atoms in total. The van der Waals surface area contributed by atoms with E-state index in [-0.39, 0.29) is 5.41 Å². The number of rotatable bonds is 4. The minimum absolute atomic E-state index is 0.319. The van der Waals surface area contributed by atoms with Gasteiger partial charge in [-0.25, -0.2) is 0 Å². The summed E-state index contributed by atoms with van der Waals surface area (Å²) in [6, 6.07) is 55.9. The van der Waals surface area contributed by atoms with Crippen molar-refractivity contribution in [1.82, 2.24) is 0 Å². The maximum atomic E-state index is 6.70. The van der Waals surface area contributed by atoms with E-state index in [1.807, 2.05) is 18.2 Å². The lowest BCUT2D eigenvalue weighted by molar-refractivity contribution is 0.666. The summed E-state index contributed by atoms with van der Waals surface area (Å²) >= 11 is 0. The summed E-state index contributed by atoms with van der Waals surface area (Å²) in [4.78, 5) is 2.27. The average molecular weight is 604 g/mol. The van der Waals surface area contributed by atoms with Crippen molar-refractivity contribution in [3.05, 3.63) is 174 Å². The molecule has 0 fully saturated rings. The van der Waals surface area contributed by atoms with Gasteiger partial charge in [-0.05, 0) is 83.3 Å². The maximum absolute atomic E-state index is 6.70. The van der Waals surface area contributed by atoms with Gasteiger partial charge in [0.15, 0.2) is 0 Å². The van der Waals surface area contributed by atoms with E-state index in [4.69, 9.17) is 8.83 Å². The van der Waals surface area contributed by atoms with E-state index in [9.17, 15) is 0 Å². The number of benzene rings is 7. The van der Waals surface area contributed by atoms with E-state index < -0.39 is 0 Å². The molecule has 0 spiro atoms. The van der Waals surface area contributed by atoms with E-state index in [1.54, 1.807) is 0 Å². The molecule has 0 saturated carbocycles. The fourth-order valence-corrected chi connectivity index (χ4v) is 7.99. The number of fused-ring (bicyclic) bond motifs is 9. The highest BCUT2D eigenvalue weighted by molar-refractivity contribution is 6.10. The highest BCUT2D eigenvalue weighted by Crippen LogP contribution is 2.54. The van der Waals surface area contributed by atoms with Crippen molar-refractivity contribution in [2.45, 2.75) is 12.3 Å². The summed E-state index contributed by atoms with van der Waals surface area (Å²) in [7, 11) is 0. The van der Waals surface area contributed by atoms with Crippen molar-refractivity contribution >= 4 is 60.9 Å². The van der Waals surface area contributed by atoms with Gasteiger partial charge in [-0.3, -0.25) is 0 Å². The Morgan fingerprint density at radius 2 is 0.936 bits per heavy atom. The van der Waals surface area contributed by atoms with Crippen LogP contribution in [0.1, 0.15) is 23.6 Å². The van der Waals surface area contributed by atoms with Crippen molar-refractivity contribution < 1.29 is 8.83 Å². The van der Waals surface area contributed by atoms with Crippen molar-refractivity contribution in [2.24, 2.45) is 0 Å². The number of nitrogens with zero attached hydrogens (tertiary/aromatic N) is 1. The SMILES string of the molecule is CC1(c2cccc3oc4cc(N(c5ccccc5)c5ccc6c(c5)oc5ccccc56)ccc4c23)c2ccccc2-c2ccccc21. The summed E-state index contributed by atoms with van der Waals surface area (Å²) < 4.78 is 13.0. The van der Waals surface area contributed by atoms with Gasteiger partial charge in [-0.15, -0.1) is 0 Å². The monoisotopic (exact) mass is 603 g/mol. The highest BCUT2D eigenvalue weighted by atomic mass is 16.3. The lowest BCUT2D eigenvalue weighted by Crippen LogP contribution is -2.22. The molecule has 0 atom stereocenters. The van der Waals surface area contributed by atoms with Gasteiger partial charge < -0.3 is 13.7 Å². The van der Waals surface area contributed by atoms with Gasteiger partial charge >= 0.3 is 0 Å². The van der Waals surface area contributed by atoms with E-state index in [0.29, 0.717) is 0 Å². The van der Waals surface area contributed by atoms with Crippen LogP contribution >= 0.6 is 0 Å². The van der Waals surface area contributed by atoms with Crippen LogP contribution in [0.5, 0.6) is 0 Å². The number of anilines is 3. The van der Waals surface area contributed by atoms with Gasteiger partial charge in [-0.2, -0.15) is 0 Å². The van der Waals surface area contributed by atoms with Crippen LogP contribution < -0.4 is 4.90 Å². The first-order valence-electron chi connectivity index (χ1n) is 16.1. The van der Waals surface area contributed by atoms with Gasteiger partial charge in [0.2, 0.25) is 0 Å². The summed E-state index contributed by atoms with van der Waals surface area (Å²) in [6.07, 6.45) is 0. The molecule has 2 aromatic heterocycles.